The second kappa shape index (κ2) is 6.41. The van der Waals surface area contributed by atoms with Gasteiger partial charge in [0.25, 0.3) is 0 Å². The zero-order chi connectivity index (χ0) is 10.2. The van der Waals surface area contributed by atoms with Crippen LogP contribution in [-0.4, -0.2) is 23.0 Å². The van der Waals surface area contributed by atoms with Gasteiger partial charge in [-0.15, -0.1) is 5.59 Å². The fourth-order valence-electron chi connectivity index (χ4n) is 0.779. The summed E-state index contributed by atoms with van der Waals surface area (Å²) in [5.41, 5.74) is 5.26. The van der Waals surface area contributed by atoms with E-state index in [4.69, 9.17) is 4.84 Å². The minimum atomic E-state index is 0.407. The summed E-state index contributed by atoms with van der Waals surface area (Å²) in [7, 11) is 0. The van der Waals surface area contributed by atoms with Gasteiger partial charge in [0.1, 0.15) is 10.9 Å². The standard InChI is InChI=1S/C7H9BrN4O2/c8-7-3-6(9-4-10-7)1-2-14-12-11-5-13/h3-5,12H,1-2H2,(H,11,13). The number of carbonyl (C=O) groups is 1. The molecule has 0 aromatic carbocycles. The predicted octanol–water partition coefficient (Wildman–Crippen LogP) is -0.0362. The first-order valence-electron chi connectivity index (χ1n) is 3.85. The number of nitrogens with one attached hydrogen (secondary N) is 2. The highest BCUT2D eigenvalue weighted by Gasteiger charge is 1.96. The molecule has 2 N–H and O–H groups in total. The van der Waals surface area contributed by atoms with E-state index in [0.717, 1.165) is 10.3 Å². The quantitative estimate of drug-likeness (QED) is 0.325. The summed E-state index contributed by atoms with van der Waals surface area (Å²) in [6.07, 6.45) is 2.59. The molecule has 6 nitrogen and oxygen atoms in total. The summed E-state index contributed by atoms with van der Waals surface area (Å²) in [5.74, 6) is 0. The van der Waals surface area contributed by atoms with Crippen molar-refractivity contribution in [3.05, 3.63) is 22.7 Å². The van der Waals surface area contributed by atoms with Crippen molar-refractivity contribution < 1.29 is 9.63 Å². The molecule has 14 heavy (non-hydrogen) atoms. The van der Waals surface area contributed by atoms with Crippen LogP contribution in [0.3, 0.4) is 0 Å². The molecule has 1 aromatic rings. The van der Waals surface area contributed by atoms with Gasteiger partial charge in [-0.05, 0) is 22.0 Å². The number of nitrogens with zero attached hydrogens (tertiary/aromatic N) is 2. The largest absolute Gasteiger partial charge is 0.282 e. The SMILES string of the molecule is O=CNNOCCc1cc(Br)ncn1. The van der Waals surface area contributed by atoms with Crippen molar-refractivity contribution >= 4 is 22.3 Å². The van der Waals surface area contributed by atoms with Crippen LogP contribution in [-0.2, 0) is 16.1 Å². The molecule has 7 heteroatoms. The average molecular weight is 261 g/mol. The third-order valence-electron chi connectivity index (χ3n) is 1.34. The first kappa shape index (κ1) is 11.0. The van der Waals surface area contributed by atoms with E-state index in [0.29, 0.717) is 19.4 Å². The zero-order valence-corrected chi connectivity index (χ0v) is 8.82. The van der Waals surface area contributed by atoms with Crippen molar-refractivity contribution in [1.29, 1.82) is 0 Å². The van der Waals surface area contributed by atoms with Crippen LogP contribution in [0, 0.1) is 0 Å². The van der Waals surface area contributed by atoms with Crippen molar-refractivity contribution in [2.75, 3.05) is 6.61 Å². The van der Waals surface area contributed by atoms with Gasteiger partial charge in [-0.25, -0.2) is 9.97 Å². The molecule has 0 radical (unpaired) electrons. The number of carbonyl (C=O) groups excluding carboxylic acids is 1. The van der Waals surface area contributed by atoms with Gasteiger partial charge in [-0.3, -0.25) is 15.1 Å². The highest BCUT2D eigenvalue weighted by molar-refractivity contribution is 9.10. The smallest absolute Gasteiger partial charge is 0.223 e. The fourth-order valence-corrected chi connectivity index (χ4v) is 1.14. The fraction of sp³-hybridized carbons (Fsp3) is 0.286. The molecule has 76 valence electrons. The molecule has 0 atom stereocenters. The highest BCUT2D eigenvalue weighted by Crippen LogP contribution is 2.05. The zero-order valence-electron chi connectivity index (χ0n) is 7.24. The van der Waals surface area contributed by atoms with Crippen molar-refractivity contribution in [2.24, 2.45) is 0 Å². The van der Waals surface area contributed by atoms with Crippen molar-refractivity contribution in [3.8, 4) is 0 Å². The van der Waals surface area contributed by atoms with Crippen LogP contribution >= 0.6 is 15.9 Å². The van der Waals surface area contributed by atoms with Gasteiger partial charge in [0, 0.05) is 12.1 Å². The average Bonchev–Trinajstić information content (AvgIpc) is 2.18. The van der Waals surface area contributed by atoms with Gasteiger partial charge in [0.15, 0.2) is 0 Å². The maximum Gasteiger partial charge on any atom is 0.223 e. The first-order chi connectivity index (χ1) is 6.83. The monoisotopic (exact) mass is 260 g/mol. The van der Waals surface area contributed by atoms with Crippen LogP contribution in [0.2, 0.25) is 0 Å². The number of hydrogen-bond acceptors (Lipinski definition) is 5. The lowest BCUT2D eigenvalue weighted by Crippen LogP contribution is -2.31. The summed E-state index contributed by atoms with van der Waals surface area (Å²) in [6, 6.07) is 1.80. The lowest BCUT2D eigenvalue weighted by molar-refractivity contribution is -0.115. The Labute approximate surface area is 89.1 Å². The molecule has 1 aromatic heterocycles. The van der Waals surface area contributed by atoms with E-state index in [1.165, 1.54) is 6.33 Å². The Bertz CT molecular complexity index is 297. The topological polar surface area (TPSA) is 76.1 Å². The van der Waals surface area contributed by atoms with Gasteiger partial charge >= 0.3 is 0 Å². The Hall–Kier alpha value is -1.05. The second-order valence-corrected chi connectivity index (χ2v) is 3.11. The summed E-state index contributed by atoms with van der Waals surface area (Å²) in [6.45, 7) is 0.407. The van der Waals surface area contributed by atoms with Crippen LogP contribution in [0.15, 0.2) is 17.0 Å². The predicted molar refractivity (Wildman–Crippen MR) is 51.7 cm³/mol. The van der Waals surface area contributed by atoms with Crippen molar-refractivity contribution in [2.45, 2.75) is 6.42 Å². The molecule has 0 aliphatic carbocycles. The van der Waals surface area contributed by atoms with Crippen LogP contribution in [0.25, 0.3) is 0 Å². The summed E-state index contributed by atoms with van der Waals surface area (Å²) in [4.78, 5) is 22.6. The van der Waals surface area contributed by atoms with Gasteiger partial charge in [-0.2, -0.15) is 0 Å². The third kappa shape index (κ3) is 4.26. The molecule has 0 saturated carbocycles. The summed E-state index contributed by atoms with van der Waals surface area (Å²) >= 11 is 3.23. The molecule has 0 aliphatic rings. The molecule has 1 rings (SSSR count). The number of aromatic nitrogens is 2. The Morgan fingerprint density at radius 3 is 3.14 bits per heavy atom. The minimum absolute atomic E-state index is 0.407. The van der Waals surface area contributed by atoms with E-state index < -0.39 is 0 Å². The lowest BCUT2D eigenvalue weighted by atomic mass is 10.3. The number of halogens is 1. The van der Waals surface area contributed by atoms with Gasteiger partial charge in [-0.1, -0.05) is 0 Å². The molecule has 0 unspecified atom stereocenters. The van der Waals surface area contributed by atoms with E-state index in [2.05, 4.69) is 36.9 Å². The van der Waals surface area contributed by atoms with E-state index in [-0.39, 0.29) is 0 Å². The molecule has 1 heterocycles. The molecular weight excluding hydrogens is 252 g/mol. The van der Waals surface area contributed by atoms with Crippen LogP contribution in [0.1, 0.15) is 5.69 Å². The Kier molecular flexibility index (Phi) is 5.05. The molecule has 0 fully saturated rings. The molecule has 0 bridgehead atoms. The number of hydrogen-bond donors (Lipinski definition) is 2. The van der Waals surface area contributed by atoms with Crippen LogP contribution in [0.5, 0.6) is 0 Å². The van der Waals surface area contributed by atoms with Gasteiger partial charge in [0.2, 0.25) is 6.41 Å². The maximum absolute atomic E-state index is 9.80. The van der Waals surface area contributed by atoms with Crippen molar-refractivity contribution in [3.63, 3.8) is 0 Å². The van der Waals surface area contributed by atoms with Crippen LogP contribution in [0.4, 0.5) is 0 Å². The first-order valence-corrected chi connectivity index (χ1v) is 4.64. The van der Waals surface area contributed by atoms with E-state index >= 15 is 0 Å². The normalized spacial score (nSPS) is 9.79. The number of rotatable bonds is 6. The second-order valence-electron chi connectivity index (χ2n) is 2.29. The maximum atomic E-state index is 9.80. The molecule has 0 saturated heterocycles. The molecule has 0 aliphatic heterocycles. The number of hydrazine groups is 1. The molecular formula is C7H9BrN4O2. The Morgan fingerprint density at radius 1 is 1.57 bits per heavy atom. The number of amides is 1. The highest BCUT2D eigenvalue weighted by atomic mass is 79.9. The minimum Gasteiger partial charge on any atom is -0.282 e. The van der Waals surface area contributed by atoms with E-state index in [1.807, 2.05) is 0 Å². The van der Waals surface area contributed by atoms with Gasteiger partial charge < -0.3 is 0 Å². The molecule has 0 spiro atoms. The Balaban J connectivity index is 2.21. The molecule has 1 amide bonds. The van der Waals surface area contributed by atoms with E-state index in [1.54, 1.807) is 6.07 Å². The lowest BCUT2D eigenvalue weighted by Gasteiger charge is -2.03. The van der Waals surface area contributed by atoms with Gasteiger partial charge in [0.05, 0.1) is 6.61 Å². The Morgan fingerprint density at radius 2 is 2.43 bits per heavy atom. The summed E-state index contributed by atoms with van der Waals surface area (Å²) < 4.78 is 0.737. The third-order valence-corrected chi connectivity index (χ3v) is 1.77. The van der Waals surface area contributed by atoms with Crippen molar-refractivity contribution in [1.82, 2.24) is 21.0 Å². The summed E-state index contributed by atoms with van der Waals surface area (Å²) in [5, 5.41) is 0. The van der Waals surface area contributed by atoms with Crippen LogP contribution < -0.4 is 11.0 Å². The van der Waals surface area contributed by atoms with E-state index in [9.17, 15) is 4.79 Å².